The van der Waals surface area contributed by atoms with Crippen molar-refractivity contribution in [2.24, 2.45) is 5.92 Å². The highest BCUT2D eigenvalue weighted by atomic mass is 35.5. The molecule has 0 aliphatic heterocycles. The highest BCUT2D eigenvalue weighted by Gasteiger charge is 2.31. The van der Waals surface area contributed by atoms with Gasteiger partial charge in [0.2, 0.25) is 0 Å². The first-order valence-corrected chi connectivity index (χ1v) is 13.3. The van der Waals surface area contributed by atoms with Gasteiger partial charge in [0.15, 0.2) is 5.82 Å². The van der Waals surface area contributed by atoms with Crippen molar-refractivity contribution < 1.29 is 18.7 Å². The van der Waals surface area contributed by atoms with Gasteiger partial charge in [-0.1, -0.05) is 43.7 Å². The van der Waals surface area contributed by atoms with E-state index in [0.29, 0.717) is 28.4 Å². The number of ether oxygens (including phenoxy) is 2. The lowest BCUT2D eigenvalue weighted by Gasteiger charge is -2.26. The number of benzene rings is 1. The van der Waals surface area contributed by atoms with Crippen LogP contribution >= 0.6 is 11.6 Å². The minimum atomic E-state index is -0.841. The average Bonchev–Trinajstić information content (AvgIpc) is 3.22. The Kier molecular flexibility index (Phi) is 8.32. The molecule has 1 aliphatic carbocycles. The first-order chi connectivity index (χ1) is 18.4. The quantitative estimate of drug-likeness (QED) is 0.374. The van der Waals surface area contributed by atoms with Crippen LogP contribution in [0.2, 0.25) is 5.02 Å². The van der Waals surface area contributed by atoms with E-state index in [0.717, 1.165) is 5.57 Å². The molecule has 0 radical (unpaired) electrons. The predicted octanol–water partition coefficient (Wildman–Crippen LogP) is 5.62. The third kappa shape index (κ3) is 5.51. The number of nitrogens with zero attached hydrogens (tertiary/aromatic N) is 3. The molecule has 0 spiro atoms. The maximum absolute atomic E-state index is 15.6. The summed E-state index contributed by atoms with van der Waals surface area (Å²) in [6, 6.07) is 1.11. The Morgan fingerprint density at radius 3 is 2.64 bits per heavy atom. The van der Waals surface area contributed by atoms with Crippen LogP contribution in [0.5, 0.6) is 5.75 Å². The number of nitrogens with one attached hydrogen (secondary N) is 1. The largest absolute Gasteiger partial charge is 0.490 e. The molecular weight excluding hydrogens is 521 g/mol. The zero-order valence-corrected chi connectivity index (χ0v) is 24.0. The number of halogens is 2. The van der Waals surface area contributed by atoms with E-state index in [1.165, 1.54) is 6.07 Å². The van der Waals surface area contributed by atoms with Crippen molar-refractivity contribution in [1.29, 1.82) is 0 Å². The summed E-state index contributed by atoms with van der Waals surface area (Å²) in [5.41, 5.74) is 8.68. The summed E-state index contributed by atoms with van der Waals surface area (Å²) >= 11 is 6.38. The molecule has 3 N–H and O–H groups in total. The van der Waals surface area contributed by atoms with Crippen LogP contribution in [0.3, 0.4) is 0 Å². The number of hydrogen-bond acceptors (Lipinski definition) is 6. The lowest BCUT2D eigenvalue weighted by molar-refractivity contribution is 0.0933. The Morgan fingerprint density at radius 2 is 2.00 bits per heavy atom. The van der Waals surface area contributed by atoms with Crippen molar-refractivity contribution >= 4 is 28.8 Å². The van der Waals surface area contributed by atoms with Gasteiger partial charge in [-0.3, -0.25) is 9.20 Å². The van der Waals surface area contributed by atoms with Gasteiger partial charge in [0.05, 0.1) is 29.0 Å². The van der Waals surface area contributed by atoms with E-state index in [2.05, 4.69) is 10.3 Å². The Hall–Kier alpha value is -3.43. The van der Waals surface area contributed by atoms with Gasteiger partial charge < -0.3 is 20.5 Å². The molecule has 10 heteroatoms. The van der Waals surface area contributed by atoms with Crippen LogP contribution in [0, 0.1) is 18.7 Å². The number of hydrogen-bond donors (Lipinski definition) is 2. The average molecular weight is 556 g/mol. The minimum absolute atomic E-state index is 0.0365. The van der Waals surface area contributed by atoms with Crippen LogP contribution in [0.4, 0.5) is 10.2 Å². The number of methoxy groups -OCH3 is 1. The second-order valence-electron chi connectivity index (χ2n) is 10.2. The van der Waals surface area contributed by atoms with Crippen LogP contribution in [-0.4, -0.2) is 45.6 Å². The smallest absolute Gasteiger partial charge is 0.258 e. The van der Waals surface area contributed by atoms with Crippen molar-refractivity contribution in [3.8, 4) is 5.75 Å². The molecule has 208 valence electrons. The summed E-state index contributed by atoms with van der Waals surface area (Å²) in [5.74, 6) is -0.663. The highest BCUT2D eigenvalue weighted by molar-refractivity contribution is 6.31. The van der Waals surface area contributed by atoms with Crippen molar-refractivity contribution in [2.45, 2.75) is 65.7 Å². The molecule has 0 bridgehead atoms. The number of aryl methyl sites for hydroxylation is 1. The molecule has 3 aromatic rings. The molecular formula is C29H35ClFN5O3. The monoisotopic (exact) mass is 555 g/mol. The van der Waals surface area contributed by atoms with Crippen LogP contribution < -0.4 is 15.8 Å². The topological polar surface area (TPSA) is 104 Å². The van der Waals surface area contributed by atoms with Crippen LogP contribution in [0.1, 0.15) is 68.0 Å². The van der Waals surface area contributed by atoms with Crippen LogP contribution in [-0.2, 0) is 4.74 Å². The third-order valence-electron chi connectivity index (χ3n) is 6.99. The fourth-order valence-corrected chi connectivity index (χ4v) is 5.21. The zero-order chi connectivity index (χ0) is 28.6. The van der Waals surface area contributed by atoms with E-state index in [1.54, 1.807) is 19.5 Å². The number of amides is 1. The number of imidazole rings is 1. The number of aromatic nitrogens is 3. The highest BCUT2D eigenvalue weighted by Crippen LogP contribution is 2.40. The molecule has 4 atom stereocenters. The molecule has 4 rings (SSSR count). The van der Waals surface area contributed by atoms with Gasteiger partial charge in [-0.05, 0) is 39.3 Å². The molecule has 0 saturated carbocycles. The summed E-state index contributed by atoms with van der Waals surface area (Å²) in [6.07, 6.45) is 8.89. The zero-order valence-electron chi connectivity index (χ0n) is 23.3. The fourth-order valence-electron chi connectivity index (χ4n) is 5.00. The predicted molar refractivity (Wildman–Crippen MR) is 151 cm³/mol. The summed E-state index contributed by atoms with van der Waals surface area (Å²) in [6.45, 7) is 11.3. The lowest BCUT2D eigenvalue weighted by Crippen LogP contribution is -2.36. The van der Waals surface area contributed by atoms with Crippen molar-refractivity contribution in [1.82, 2.24) is 19.7 Å². The van der Waals surface area contributed by atoms with Crippen molar-refractivity contribution in [3.63, 3.8) is 0 Å². The van der Waals surface area contributed by atoms with Crippen LogP contribution in [0.25, 0.3) is 5.52 Å². The molecule has 39 heavy (non-hydrogen) atoms. The minimum Gasteiger partial charge on any atom is -0.490 e. The summed E-state index contributed by atoms with van der Waals surface area (Å²) in [7, 11) is 1.66. The molecule has 1 amide bonds. The number of carbonyl (C=O) groups is 1. The molecule has 4 unspecified atom stereocenters. The molecule has 1 aliphatic rings. The summed E-state index contributed by atoms with van der Waals surface area (Å²) < 4.78 is 29.0. The number of anilines is 1. The van der Waals surface area contributed by atoms with E-state index in [9.17, 15) is 4.79 Å². The SMILES string of the molecule is COC1C=CC(C(C)NC(=O)c2c(F)c(Cl)cc(C(C)c3nc(C)c4c(N)nccn34)c2OC(C)C)=CC1C. The van der Waals surface area contributed by atoms with Gasteiger partial charge in [0.25, 0.3) is 5.91 Å². The van der Waals surface area contributed by atoms with E-state index in [4.69, 9.17) is 31.8 Å². The van der Waals surface area contributed by atoms with E-state index in [1.807, 2.05) is 64.2 Å². The summed E-state index contributed by atoms with van der Waals surface area (Å²) in [4.78, 5) is 22.5. The molecule has 8 nitrogen and oxygen atoms in total. The fraction of sp³-hybridized carbons (Fsp3) is 0.414. The number of carbonyl (C=O) groups excluding carboxylic acids is 1. The Balaban J connectivity index is 1.78. The first kappa shape index (κ1) is 28.6. The van der Waals surface area contributed by atoms with E-state index < -0.39 is 23.7 Å². The van der Waals surface area contributed by atoms with Gasteiger partial charge in [0, 0.05) is 36.9 Å². The Bertz CT molecular complexity index is 1470. The summed E-state index contributed by atoms with van der Waals surface area (Å²) in [5, 5.41) is 2.74. The third-order valence-corrected chi connectivity index (χ3v) is 7.27. The molecule has 2 aromatic heterocycles. The van der Waals surface area contributed by atoms with Gasteiger partial charge in [-0.25, -0.2) is 14.4 Å². The number of nitrogens with two attached hydrogens (primary N) is 1. The first-order valence-electron chi connectivity index (χ1n) is 13.0. The van der Waals surface area contributed by atoms with Crippen molar-refractivity contribution in [2.75, 3.05) is 12.8 Å². The molecule has 2 heterocycles. The number of fused-ring (bicyclic) bond motifs is 1. The molecule has 0 fully saturated rings. The second-order valence-corrected chi connectivity index (χ2v) is 10.6. The van der Waals surface area contributed by atoms with E-state index in [-0.39, 0.29) is 34.5 Å². The maximum Gasteiger partial charge on any atom is 0.258 e. The number of rotatable bonds is 8. The van der Waals surface area contributed by atoms with E-state index >= 15 is 4.39 Å². The Labute approximate surface area is 233 Å². The standard InChI is InChI=1S/C29H35ClFN5O3/c1-14(2)39-26-20(16(4)28-34-18(6)25-27(32)33-10-11-36(25)28)13-21(30)24(31)23(26)29(37)35-17(5)19-8-9-22(38-7)15(3)12-19/h8-17,22H,1-7H3,(H2,32,33)(H,35,37). The lowest BCUT2D eigenvalue weighted by atomic mass is 9.91. The number of nitrogen functional groups attached to an aromatic ring is 1. The van der Waals surface area contributed by atoms with Gasteiger partial charge >= 0.3 is 0 Å². The second kappa shape index (κ2) is 11.4. The normalized spacial score (nSPS) is 18.8. The molecule has 0 saturated heterocycles. The van der Waals surface area contributed by atoms with Gasteiger partial charge in [-0.15, -0.1) is 0 Å². The van der Waals surface area contributed by atoms with Crippen LogP contribution in [0.15, 0.2) is 42.3 Å². The maximum atomic E-state index is 15.6. The Morgan fingerprint density at radius 1 is 1.28 bits per heavy atom. The van der Waals surface area contributed by atoms with Gasteiger partial charge in [0.1, 0.15) is 28.5 Å². The van der Waals surface area contributed by atoms with Crippen molar-refractivity contribution in [3.05, 3.63) is 75.7 Å². The molecule has 1 aromatic carbocycles. The van der Waals surface area contributed by atoms with Gasteiger partial charge in [-0.2, -0.15) is 0 Å².